The van der Waals surface area contributed by atoms with Gasteiger partial charge in [-0.1, -0.05) is 18.2 Å². The van der Waals surface area contributed by atoms with Crippen molar-refractivity contribution in [1.82, 2.24) is 9.78 Å². The van der Waals surface area contributed by atoms with Gasteiger partial charge in [-0.15, -0.1) is 0 Å². The van der Waals surface area contributed by atoms with Crippen molar-refractivity contribution in [2.75, 3.05) is 5.32 Å². The summed E-state index contributed by atoms with van der Waals surface area (Å²) in [6.07, 6.45) is 2.80. The second-order valence-corrected chi connectivity index (χ2v) is 6.60. The molecule has 7 heteroatoms. The standard InChI is InChI=1S/C17H20FN3O3/c1-16(2,12-7-5-6-8-13(12)18)14(22)20-11-9-19-21(10-11)17(3,4)15(23)24/h5-10H,1-4H3,(H,20,22)(H,23,24). The molecule has 6 nitrogen and oxygen atoms in total. The Hall–Kier alpha value is -2.70. The lowest BCUT2D eigenvalue weighted by Crippen LogP contribution is -2.36. The topological polar surface area (TPSA) is 84.2 Å². The smallest absolute Gasteiger partial charge is 0.331 e. The molecule has 0 radical (unpaired) electrons. The molecule has 0 fully saturated rings. The molecule has 0 spiro atoms. The monoisotopic (exact) mass is 333 g/mol. The van der Waals surface area contributed by atoms with Gasteiger partial charge in [0, 0.05) is 11.8 Å². The minimum absolute atomic E-state index is 0.278. The first kappa shape index (κ1) is 17.7. The maximum absolute atomic E-state index is 14.0. The molecule has 1 amide bonds. The van der Waals surface area contributed by atoms with Crippen LogP contribution < -0.4 is 5.32 Å². The van der Waals surface area contributed by atoms with E-state index in [-0.39, 0.29) is 5.56 Å². The molecule has 128 valence electrons. The fraction of sp³-hybridized carbons (Fsp3) is 0.353. The number of carbonyl (C=O) groups is 2. The third-order valence-electron chi connectivity index (χ3n) is 4.05. The summed E-state index contributed by atoms with van der Waals surface area (Å²) in [7, 11) is 0. The molecule has 0 bridgehead atoms. The molecule has 0 unspecified atom stereocenters. The van der Waals surface area contributed by atoms with Crippen LogP contribution in [0.1, 0.15) is 33.3 Å². The fourth-order valence-electron chi connectivity index (χ4n) is 2.17. The average molecular weight is 333 g/mol. The zero-order valence-corrected chi connectivity index (χ0v) is 14.0. The molecule has 1 heterocycles. The van der Waals surface area contributed by atoms with E-state index < -0.39 is 28.6 Å². The molecule has 1 aromatic carbocycles. The summed E-state index contributed by atoms with van der Waals surface area (Å²) < 4.78 is 15.2. The molecule has 0 saturated heterocycles. The van der Waals surface area contributed by atoms with E-state index in [4.69, 9.17) is 0 Å². The third kappa shape index (κ3) is 3.15. The Morgan fingerprint density at radius 2 is 1.83 bits per heavy atom. The molecule has 2 rings (SSSR count). The summed E-state index contributed by atoms with van der Waals surface area (Å²) >= 11 is 0. The van der Waals surface area contributed by atoms with E-state index in [9.17, 15) is 19.1 Å². The minimum atomic E-state index is -1.25. The molecule has 0 aliphatic carbocycles. The van der Waals surface area contributed by atoms with Gasteiger partial charge in [-0.25, -0.2) is 9.18 Å². The Morgan fingerprint density at radius 3 is 2.42 bits per heavy atom. The lowest BCUT2D eigenvalue weighted by molar-refractivity contribution is -0.146. The van der Waals surface area contributed by atoms with Gasteiger partial charge in [0.2, 0.25) is 5.91 Å². The van der Waals surface area contributed by atoms with Crippen molar-refractivity contribution in [2.24, 2.45) is 0 Å². The van der Waals surface area contributed by atoms with Crippen LogP contribution in [0.3, 0.4) is 0 Å². The summed E-state index contributed by atoms with van der Waals surface area (Å²) in [5.41, 5.74) is -1.72. The molecular formula is C17H20FN3O3. The van der Waals surface area contributed by atoms with Gasteiger partial charge in [0.1, 0.15) is 5.82 Å². The number of carboxylic acid groups (broad SMARTS) is 1. The van der Waals surface area contributed by atoms with E-state index in [0.717, 1.165) is 0 Å². The molecule has 24 heavy (non-hydrogen) atoms. The number of benzene rings is 1. The van der Waals surface area contributed by atoms with E-state index in [1.807, 2.05) is 0 Å². The zero-order valence-electron chi connectivity index (χ0n) is 14.0. The van der Waals surface area contributed by atoms with E-state index >= 15 is 0 Å². The number of nitrogens with zero attached hydrogens (tertiary/aromatic N) is 2. The Morgan fingerprint density at radius 1 is 1.21 bits per heavy atom. The summed E-state index contributed by atoms with van der Waals surface area (Å²) in [5.74, 6) is -1.92. The summed E-state index contributed by atoms with van der Waals surface area (Å²) in [5, 5.41) is 15.8. The summed E-state index contributed by atoms with van der Waals surface area (Å²) in [4.78, 5) is 23.8. The highest BCUT2D eigenvalue weighted by atomic mass is 19.1. The predicted molar refractivity (Wildman–Crippen MR) is 87.2 cm³/mol. The van der Waals surface area contributed by atoms with Crippen molar-refractivity contribution in [3.05, 3.63) is 48.0 Å². The fourth-order valence-corrected chi connectivity index (χ4v) is 2.17. The van der Waals surface area contributed by atoms with Gasteiger partial charge < -0.3 is 10.4 Å². The van der Waals surface area contributed by atoms with Crippen LogP contribution >= 0.6 is 0 Å². The van der Waals surface area contributed by atoms with Crippen LogP contribution in [0, 0.1) is 5.82 Å². The first-order valence-electron chi connectivity index (χ1n) is 7.42. The van der Waals surface area contributed by atoms with Crippen molar-refractivity contribution >= 4 is 17.6 Å². The molecule has 2 aromatic rings. The van der Waals surface area contributed by atoms with Crippen molar-refractivity contribution in [3.63, 3.8) is 0 Å². The molecule has 0 atom stereocenters. The van der Waals surface area contributed by atoms with Crippen LogP contribution in [0.2, 0.25) is 0 Å². The van der Waals surface area contributed by atoms with E-state index in [2.05, 4.69) is 10.4 Å². The number of anilines is 1. The van der Waals surface area contributed by atoms with E-state index in [1.165, 1.54) is 37.0 Å². The Labute approximate surface area is 139 Å². The van der Waals surface area contributed by atoms with Crippen LogP contribution in [-0.4, -0.2) is 26.8 Å². The van der Waals surface area contributed by atoms with Gasteiger partial charge in [0.15, 0.2) is 5.54 Å². The van der Waals surface area contributed by atoms with Gasteiger partial charge in [0.05, 0.1) is 17.3 Å². The highest BCUT2D eigenvalue weighted by Gasteiger charge is 2.34. The van der Waals surface area contributed by atoms with Gasteiger partial charge in [-0.3, -0.25) is 9.48 Å². The van der Waals surface area contributed by atoms with Crippen LogP contribution in [0.25, 0.3) is 0 Å². The van der Waals surface area contributed by atoms with Crippen LogP contribution in [0.15, 0.2) is 36.7 Å². The van der Waals surface area contributed by atoms with E-state index in [0.29, 0.717) is 5.69 Å². The molecule has 0 saturated carbocycles. The number of rotatable bonds is 5. The van der Waals surface area contributed by atoms with Crippen LogP contribution in [0.4, 0.5) is 10.1 Å². The number of aromatic nitrogens is 2. The van der Waals surface area contributed by atoms with Crippen molar-refractivity contribution < 1.29 is 19.1 Å². The lowest BCUT2D eigenvalue weighted by Gasteiger charge is -2.24. The second kappa shape index (κ2) is 6.07. The van der Waals surface area contributed by atoms with Crippen LogP contribution in [0.5, 0.6) is 0 Å². The Balaban J connectivity index is 2.23. The zero-order chi connectivity index (χ0) is 18.1. The third-order valence-corrected chi connectivity index (χ3v) is 4.05. The highest BCUT2D eigenvalue weighted by molar-refractivity contribution is 5.98. The van der Waals surface area contributed by atoms with Crippen molar-refractivity contribution in [1.29, 1.82) is 0 Å². The number of amides is 1. The highest BCUT2D eigenvalue weighted by Crippen LogP contribution is 2.27. The normalized spacial score (nSPS) is 12.0. The number of carbonyl (C=O) groups excluding carboxylic acids is 1. The predicted octanol–water partition coefficient (Wildman–Crippen LogP) is 2.76. The van der Waals surface area contributed by atoms with Crippen LogP contribution in [-0.2, 0) is 20.5 Å². The Kier molecular flexibility index (Phi) is 4.46. The Bertz CT molecular complexity index is 781. The number of hydrogen-bond acceptors (Lipinski definition) is 3. The largest absolute Gasteiger partial charge is 0.479 e. The first-order chi connectivity index (χ1) is 11.1. The molecule has 0 aliphatic heterocycles. The summed E-state index contributed by atoms with van der Waals surface area (Å²) in [6.45, 7) is 6.23. The van der Waals surface area contributed by atoms with Gasteiger partial charge in [-0.2, -0.15) is 5.10 Å². The van der Waals surface area contributed by atoms with Crippen molar-refractivity contribution in [2.45, 2.75) is 38.6 Å². The minimum Gasteiger partial charge on any atom is -0.479 e. The van der Waals surface area contributed by atoms with Crippen molar-refractivity contribution in [3.8, 4) is 0 Å². The maximum atomic E-state index is 14.0. The quantitative estimate of drug-likeness (QED) is 0.881. The second-order valence-electron chi connectivity index (χ2n) is 6.60. The SMILES string of the molecule is CC(C)(C(=O)Nc1cnn(C(C)(C)C(=O)O)c1)c1ccccc1F. The molecule has 2 N–H and O–H groups in total. The number of hydrogen-bond donors (Lipinski definition) is 2. The molecule has 1 aromatic heterocycles. The lowest BCUT2D eigenvalue weighted by atomic mass is 9.83. The number of aliphatic carboxylic acids is 1. The maximum Gasteiger partial charge on any atom is 0.331 e. The van der Waals surface area contributed by atoms with E-state index in [1.54, 1.807) is 32.0 Å². The molecule has 0 aliphatic rings. The van der Waals surface area contributed by atoms with Gasteiger partial charge >= 0.3 is 5.97 Å². The number of nitrogens with one attached hydrogen (secondary N) is 1. The van der Waals surface area contributed by atoms with Gasteiger partial charge in [-0.05, 0) is 33.8 Å². The average Bonchev–Trinajstić information content (AvgIpc) is 2.96. The number of halogens is 1. The first-order valence-corrected chi connectivity index (χ1v) is 7.42. The molecular weight excluding hydrogens is 313 g/mol. The number of carboxylic acids is 1. The summed E-state index contributed by atoms with van der Waals surface area (Å²) in [6, 6.07) is 6.09. The van der Waals surface area contributed by atoms with Gasteiger partial charge in [0.25, 0.3) is 0 Å².